The van der Waals surface area contributed by atoms with Crippen LogP contribution in [0.3, 0.4) is 0 Å². The van der Waals surface area contributed by atoms with Gasteiger partial charge in [0.25, 0.3) is 0 Å². The molecule has 2 aromatic rings. The van der Waals surface area contributed by atoms with Crippen molar-refractivity contribution in [3.8, 4) is 0 Å². The Labute approximate surface area is 116 Å². The summed E-state index contributed by atoms with van der Waals surface area (Å²) in [6.07, 6.45) is 0. The standard InChI is InChI=1S/C15H13ClN2O/c16-12-6-8-13(9-7-12)18-10-14(17-15(18)19)11-4-2-1-3-5-11/h1-9,14H,10H2,(H,17,19). The number of amides is 2. The zero-order chi connectivity index (χ0) is 13.2. The van der Waals surface area contributed by atoms with Crippen LogP contribution in [0, 0.1) is 0 Å². The number of nitrogens with one attached hydrogen (secondary N) is 1. The van der Waals surface area contributed by atoms with Crippen LogP contribution in [0.1, 0.15) is 11.6 Å². The summed E-state index contributed by atoms with van der Waals surface area (Å²) in [5.74, 6) is 0. The molecule has 0 radical (unpaired) electrons. The van der Waals surface area contributed by atoms with Gasteiger partial charge in [0.15, 0.2) is 0 Å². The van der Waals surface area contributed by atoms with Crippen LogP contribution in [0.5, 0.6) is 0 Å². The fraction of sp³-hybridized carbons (Fsp3) is 0.133. The molecule has 1 atom stereocenters. The summed E-state index contributed by atoms with van der Waals surface area (Å²) < 4.78 is 0. The number of rotatable bonds is 2. The Hall–Kier alpha value is -2.00. The number of anilines is 1. The zero-order valence-electron chi connectivity index (χ0n) is 10.2. The molecule has 1 heterocycles. The topological polar surface area (TPSA) is 32.3 Å². The fourth-order valence-electron chi connectivity index (χ4n) is 2.26. The lowest BCUT2D eigenvalue weighted by atomic mass is 10.1. The summed E-state index contributed by atoms with van der Waals surface area (Å²) in [7, 11) is 0. The Bertz CT molecular complexity index is 583. The van der Waals surface area contributed by atoms with Gasteiger partial charge in [-0.2, -0.15) is 0 Å². The first-order valence-electron chi connectivity index (χ1n) is 6.12. The van der Waals surface area contributed by atoms with E-state index in [9.17, 15) is 4.79 Å². The molecule has 0 aromatic heterocycles. The highest BCUT2D eigenvalue weighted by atomic mass is 35.5. The van der Waals surface area contributed by atoms with E-state index in [1.165, 1.54) is 0 Å². The third-order valence-corrected chi connectivity index (χ3v) is 3.50. The molecule has 0 aliphatic carbocycles. The summed E-state index contributed by atoms with van der Waals surface area (Å²) in [4.78, 5) is 13.8. The lowest BCUT2D eigenvalue weighted by molar-refractivity contribution is 0.251. The highest BCUT2D eigenvalue weighted by Gasteiger charge is 2.30. The molecule has 3 rings (SSSR count). The SMILES string of the molecule is O=C1NC(c2ccccc2)CN1c1ccc(Cl)cc1. The van der Waals surface area contributed by atoms with Gasteiger partial charge < -0.3 is 5.32 Å². The van der Waals surface area contributed by atoms with Crippen molar-refractivity contribution < 1.29 is 4.79 Å². The van der Waals surface area contributed by atoms with E-state index in [0.717, 1.165) is 11.3 Å². The highest BCUT2D eigenvalue weighted by molar-refractivity contribution is 6.30. The van der Waals surface area contributed by atoms with Crippen LogP contribution in [0.4, 0.5) is 10.5 Å². The average molecular weight is 273 g/mol. The molecular formula is C15H13ClN2O. The second kappa shape index (κ2) is 4.94. The van der Waals surface area contributed by atoms with E-state index in [2.05, 4.69) is 5.32 Å². The maximum absolute atomic E-state index is 12.0. The van der Waals surface area contributed by atoms with Gasteiger partial charge in [0, 0.05) is 10.7 Å². The van der Waals surface area contributed by atoms with E-state index in [1.54, 1.807) is 17.0 Å². The van der Waals surface area contributed by atoms with Gasteiger partial charge in [-0.1, -0.05) is 41.9 Å². The first-order chi connectivity index (χ1) is 9.24. The minimum Gasteiger partial charge on any atom is -0.329 e. The lowest BCUT2D eigenvalue weighted by Gasteiger charge is -2.14. The van der Waals surface area contributed by atoms with Crippen molar-refractivity contribution in [1.29, 1.82) is 0 Å². The van der Waals surface area contributed by atoms with Crippen LogP contribution < -0.4 is 10.2 Å². The predicted molar refractivity (Wildman–Crippen MR) is 76.5 cm³/mol. The van der Waals surface area contributed by atoms with E-state index in [0.29, 0.717) is 11.6 Å². The first-order valence-corrected chi connectivity index (χ1v) is 6.50. The monoisotopic (exact) mass is 272 g/mol. The second-order valence-electron chi connectivity index (χ2n) is 4.50. The van der Waals surface area contributed by atoms with Crippen molar-refractivity contribution in [3.05, 3.63) is 65.2 Å². The third-order valence-electron chi connectivity index (χ3n) is 3.25. The third kappa shape index (κ3) is 2.42. The Morgan fingerprint density at radius 1 is 1.05 bits per heavy atom. The number of nitrogens with zero attached hydrogens (tertiary/aromatic N) is 1. The molecular weight excluding hydrogens is 260 g/mol. The molecule has 1 N–H and O–H groups in total. The van der Waals surface area contributed by atoms with Crippen LogP contribution in [-0.4, -0.2) is 12.6 Å². The van der Waals surface area contributed by atoms with Crippen LogP contribution in [0.2, 0.25) is 5.02 Å². The van der Waals surface area contributed by atoms with Gasteiger partial charge in [0.1, 0.15) is 0 Å². The molecule has 0 spiro atoms. The molecule has 0 saturated carbocycles. The van der Waals surface area contributed by atoms with Crippen molar-refractivity contribution in [1.82, 2.24) is 5.32 Å². The van der Waals surface area contributed by atoms with E-state index >= 15 is 0 Å². The summed E-state index contributed by atoms with van der Waals surface area (Å²) in [5, 5.41) is 3.66. The molecule has 3 nitrogen and oxygen atoms in total. The van der Waals surface area contributed by atoms with Crippen molar-refractivity contribution >= 4 is 23.3 Å². The smallest absolute Gasteiger partial charge is 0.322 e. The molecule has 2 aromatic carbocycles. The molecule has 1 aliphatic heterocycles. The van der Waals surface area contributed by atoms with Crippen LogP contribution in [0.25, 0.3) is 0 Å². The summed E-state index contributed by atoms with van der Waals surface area (Å²) >= 11 is 5.86. The lowest BCUT2D eigenvalue weighted by Crippen LogP contribution is -2.27. The number of hydrogen-bond donors (Lipinski definition) is 1. The normalized spacial score (nSPS) is 18.5. The number of urea groups is 1. The first kappa shape index (κ1) is 12.1. The molecule has 1 fully saturated rings. The Morgan fingerprint density at radius 2 is 1.74 bits per heavy atom. The van der Waals surface area contributed by atoms with Gasteiger partial charge in [0.2, 0.25) is 0 Å². The number of halogens is 1. The largest absolute Gasteiger partial charge is 0.329 e. The quantitative estimate of drug-likeness (QED) is 0.890. The molecule has 2 amide bonds. The van der Waals surface area contributed by atoms with Crippen molar-refractivity contribution in [2.24, 2.45) is 0 Å². The summed E-state index contributed by atoms with van der Waals surface area (Å²) in [6.45, 7) is 0.629. The number of carbonyl (C=O) groups excluding carboxylic acids is 1. The molecule has 0 bridgehead atoms. The van der Waals surface area contributed by atoms with Gasteiger partial charge in [0.05, 0.1) is 12.6 Å². The van der Waals surface area contributed by atoms with Crippen LogP contribution >= 0.6 is 11.6 Å². The number of carbonyl (C=O) groups is 1. The highest BCUT2D eigenvalue weighted by Crippen LogP contribution is 2.26. The zero-order valence-corrected chi connectivity index (χ0v) is 11.0. The average Bonchev–Trinajstić information content (AvgIpc) is 2.83. The van der Waals surface area contributed by atoms with E-state index < -0.39 is 0 Å². The van der Waals surface area contributed by atoms with Gasteiger partial charge in [-0.05, 0) is 29.8 Å². The second-order valence-corrected chi connectivity index (χ2v) is 4.94. The maximum atomic E-state index is 12.0. The van der Waals surface area contributed by atoms with Crippen LogP contribution in [-0.2, 0) is 0 Å². The number of benzene rings is 2. The molecule has 1 aliphatic rings. The Balaban J connectivity index is 1.82. The molecule has 4 heteroatoms. The van der Waals surface area contributed by atoms with Gasteiger partial charge in [-0.15, -0.1) is 0 Å². The number of hydrogen-bond acceptors (Lipinski definition) is 1. The van der Waals surface area contributed by atoms with E-state index in [1.807, 2.05) is 42.5 Å². The van der Waals surface area contributed by atoms with E-state index in [-0.39, 0.29) is 12.1 Å². The molecule has 96 valence electrons. The van der Waals surface area contributed by atoms with Gasteiger partial charge in [-0.25, -0.2) is 4.79 Å². The van der Waals surface area contributed by atoms with Crippen molar-refractivity contribution in [2.75, 3.05) is 11.4 Å². The minimum absolute atomic E-state index is 0.0318. The fourth-order valence-corrected chi connectivity index (χ4v) is 2.38. The van der Waals surface area contributed by atoms with Crippen molar-refractivity contribution in [3.63, 3.8) is 0 Å². The summed E-state index contributed by atoms with van der Waals surface area (Å²) in [5.41, 5.74) is 1.98. The maximum Gasteiger partial charge on any atom is 0.322 e. The van der Waals surface area contributed by atoms with Gasteiger partial charge in [-0.3, -0.25) is 4.90 Å². The Kier molecular flexibility index (Phi) is 3.13. The van der Waals surface area contributed by atoms with Crippen LogP contribution in [0.15, 0.2) is 54.6 Å². The van der Waals surface area contributed by atoms with E-state index in [4.69, 9.17) is 11.6 Å². The molecule has 1 unspecified atom stereocenters. The molecule has 19 heavy (non-hydrogen) atoms. The Morgan fingerprint density at radius 3 is 2.42 bits per heavy atom. The molecule has 1 saturated heterocycles. The summed E-state index contributed by atoms with van der Waals surface area (Å²) in [6, 6.07) is 17.2. The van der Waals surface area contributed by atoms with Crippen molar-refractivity contribution in [2.45, 2.75) is 6.04 Å². The predicted octanol–water partition coefficient (Wildman–Crippen LogP) is 3.61. The minimum atomic E-state index is -0.0730. The van der Waals surface area contributed by atoms with Gasteiger partial charge >= 0.3 is 6.03 Å².